The van der Waals surface area contributed by atoms with Crippen LogP contribution in [0.2, 0.25) is 0 Å². The van der Waals surface area contributed by atoms with Crippen LogP contribution in [-0.2, 0) is 4.79 Å². The van der Waals surface area contributed by atoms with Crippen molar-refractivity contribution in [3.63, 3.8) is 0 Å². The number of carbonyl (C=O) groups excluding carboxylic acids is 1. The van der Waals surface area contributed by atoms with Crippen LogP contribution in [0.1, 0.15) is 31.7 Å². The zero-order valence-electron chi connectivity index (χ0n) is 12.1. The summed E-state index contributed by atoms with van der Waals surface area (Å²) < 4.78 is 0. The number of hydrogen-bond acceptors (Lipinski definition) is 3. The molecule has 1 aromatic heterocycles. The highest BCUT2D eigenvalue weighted by Crippen LogP contribution is 2.23. The molecule has 1 heterocycles. The lowest BCUT2D eigenvalue weighted by atomic mass is 10.1. The Morgan fingerprint density at radius 3 is 2.60 bits per heavy atom. The van der Waals surface area contributed by atoms with E-state index in [0.29, 0.717) is 0 Å². The molecule has 0 radical (unpaired) electrons. The summed E-state index contributed by atoms with van der Waals surface area (Å²) in [4.78, 5) is 16.4. The van der Waals surface area contributed by atoms with Gasteiger partial charge in [-0.05, 0) is 25.5 Å². The minimum Gasteiger partial charge on any atom is -0.326 e. The molecule has 0 fully saturated rings. The summed E-state index contributed by atoms with van der Waals surface area (Å²) >= 11 is 1.64. The summed E-state index contributed by atoms with van der Waals surface area (Å²) in [7, 11) is 0. The van der Waals surface area contributed by atoms with Crippen LogP contribution in [0.25, 0.3) is 11.3 Å². The highest BCUT2D eigenvalue weighted by Gasteiger charge is 2.11. The fraction of sp³-hybridized carbons (Fsp3) is 0.375. The van der Waals surface area contributed by atoms with Gasteiger partial charge in [0.2, 0.25) is 5.91 Å². The smallest absolute Gasteiger partial charge is 0.227 e. The van der Waals surface area contributed by atoms with Gasteiger partial charge >= 0.3 is 0 Å². The highest BCUT2D eigenvalue weighted by atomic mass is 32.1. The molecule has 2 aromatic rings. The van der Waals surface area contributed by atoms with Crippen LogP contribution in [0.3, 0.4) is 0 Å². The second-order valence-corrected chi connectivity index (χ2v) is 6.07. The number of thiazole rings is 1. The van der Waals surface area contributed by atoms with Crippen molar-refractivity contribution in [1.82, 2.24) is 4.98 Å². The van der Waals surface area contributed by atoms with Gasteiger partial charge in [-0.3, -0.25) is 4.79 Å². The van der Waals surface area contributed by atoms with Gasteiger partial charge in [-0.25, -0.2) is 4.98 Å². The van der Waals surface area contributed by atoms with Crippen LogP contribution < -0.4 is 5.32 Å². The monoisotopic (exact) mass is 288 g/mol. The number of aromatic nitrogens is 1. The van der Waals surface area contributed by atoms with Crippen LogP contribution in [0.4, 0.5) is 5.69 Å². The van der Waals surface area contributed by atoms with Crippen molar-refractivity contribution in [3.8, 4) is 11.3 Å². The molecule has 1 N–H and O–H groups in total. The molecule has 106 valence electrons. The van der Waals surface area contributed by atoms with E-state index in [-0.39, 0.29) is 11.8 Å². The first-order valence-electron chi connectivity index (χ1n) is 6.93. The topological polar surface area (TPSA) is 42.0 Å². The Bertz CT molecular complexity index is 574. The first kappa shape index (κ1) is 14.7. The molecule has 0 saturated heterocycles. The fourth-order valence-electron chi connectivity index (χ4n) is 2.05. The van der Waals surface area contributed by atoms with Crippen LogP contribution >= 0.6 is 11.3 Å². The predicted molar refractivity (Wildman–Crippen MR) is 85.0 cm³/mol. The average Bonchev–Trinajstić information content (AvgIpc) is 2.86. The minimum absolute atomic E-state index is 0.0564. The van der Waals surface area contributed by atoms with Crippen LogP contribution in [0.15, 0.2) is 29.6 Å². The number of carbonyl (C=O) groups is 1. The molecule has 0 bridgehead atoms. The summed E-state index contributed by atoms with van der Waals surface area (Å²) in [6.07, 6.45) is 1.94. The van der Waals surface area contributed by atoms with Crippen LogP contribution in [0, 0.1) is 12.8 Å². The molecule has 0 aliphatic heterocycles. The summed E-state index contributed by atoms with van der Waals surface area (Å²) in [5.41, 5.74) is 2.91. The maximum atomic E-state index is 11.9. The molecule has 1 atom stereocenters. The van der Waals surface area contributed by atoms with Crippen molar-refractivity contribution in [1.29, 1.82) is 0 Å². The Kier molecular flexibility index (Phi) is 4.90. The first-order chi connectivity index (χ1) is 9.60. The van der Waals surface area contributed by atoms with Gasteiger partial charge in [0, 0.05) is 22.5 Å². The summed E-state index contributed by atoms with van der Waals surface area (Å²) in [5, 5.41) is 6.06. The number of anilines is 1. The molecule has 2 rings (SSSR count). The molecular weight excluding hydrogens is 268 g/mol. The van der Waals surface area contributed by atoms with Gasteiger partial charge in [-0.2, -0.15) is 0 Å². The van der Waals surface area contributed by atoms with E-state index < -0.39 is 0 Å². The number of amides is 1. The number of benzene rings is 1. The number of nitrogens with one attached hydrogen (secondary N) is 1. The van der Waals surface area contributed by atoms with Crippen molar-refractivity contribution in [2.75, 3.05) is 5.32 Å². The van der Waals surface area contributed by atoms with Gasteiger partial charge in [0.15, 0.2) is 0 Å². The standard InChI is InChI=1S/C16H20N2OS/c1-4-5-11(2)16(19)18-14-8-6-13(7-9-14)15-10-20-12(3)17-15/h6-11H,4-5H2,1-3H3,(H,18,19). The second-order valence-electron chi connectivity index (χ2n) is 5.01. The Labute approximate surface area is 124 Å². The first-order valence-corrected chi connectivity index (χ1v) is 7.81. The zero-order chi connectivity index (χ0) is 14.5. The predicted octanol–water partition coefficient (Wildman–Crippen LogP) is 4.49. The largest absolute Gasteiger partial charge is 0.326 e. The zero-order valence-corrected chi connectivity index (χ0v) is 13.0. The number of rotatable bonds is 5. The quantitative estimate of drug-likeness (QED) is 0.880. The van der Waals surface area contributed by atoms with E-state index in [2.05, 4.69) is 17.2 Å². The van der Waals surface area contributed by atoms with E-state index in [1.54, 1.807) is 11.3 Å². The molecule has 0 saturated carbocycles. The third-order valence-electron chi connectivity index (χ3n) is 3.24. The fourth-order valence-corrected chi connectivity index (χ4v) is 2.67. The highest BCUT2D eigenvalue weighted by molar-refractivity contribution is 7.09. The molecule has 0 aliphatic rings. The molecule has 1 unspecified atom stereocenters. The van der Waals surface area contributed by atoms with Crippen LogP contribution in [-0.4, -0.2) is 10.9 Å². The normalized spacial score (nSPS) is 12.2. The number of nitrogens with zero attached hydrogens (tertiary/aromatic N) is 1. The lowest BCUT2D eigenvalue weighted by Gasteiger charge is -2.11. The van der Waals surface area contributed by atoms with Crippen molar-refractivity contribution in [2.24, 2.45) is 5.92 Å². The molecule has 4 heteroatoms. The molecule has 3 nitrogen and oxygen atoms in total. The third-order valence-corrected chi connectivity index (χ3v) is 4.01. The maximum Gasteiger partial charge on any atom is 0.227 e. The van der Waals surface area contributed by atoms with Gasteiger partial charge in [0.1, 0.15) is 0 Å². The van der Waals surface area contributed by atoms with Gasteiger partial charge in [-0.15, -0.1) is 11.3 Å². The second kappa shape index (κ2) is 6.66. The van der Waals surface area contributed by atoms with E-state index in [1.807, 2.05) is 43.5 Å². The molecule has 0 aliphatic carbocycles. The van der Waals surface area contributed by atoms with E-state index in [0.717, 1.165) is 34.8 Å². The molecular formula is C16H20N2OS. The van der Waals surface area contributed by atoms with Gasteiger partial charge in [-0.1, -0.05) is 32.4 Å². The Morgan fingerprint density at radius 2 is 2.05 bits per heavy atom. The average molecular weight is 288 g/mol. The van der Waals surface area contributed by atoms with Crippen molar-refractivity contribution in [3.05, 3.63) is 34.7 Å². The van der Waals surface area contributed by atoms with E-state index >= 15 is 0 Å². The summed E-state index contributed by atoms with van der Waals surface area (Å²) in [5.74, 6) is 0.143. The molecule has 1 aromatic carbocycles. The SMILES string of the molecule is CCCC(C)C(=O)Nc1ccc(-c2csc(C)n2)cc1. The lowest BCUT2D eigenvalue weighted by molar-refractivity contribution is -0.119. The minimum atomic E-state index is 0.0564. The van der Waals surface area contributed by atoms with Crippen LogP contribution in [0.5, 0.6) is 0 Å². The van der Waals surface area contributed by atoms with Gasteiger partial charge in [0.05, 0.1) is 10.7 Å². The Hall–Kier alpha value is -1.68. The lowest BCUT2D eigenvalue weighted by Crippen LogP contribution is -2.20. The van der Waals surface area contributed by atoms with Gasteiger partial charge < -0.3 is 5.32 Å². The molecule has 1 amide bonds. The third kappa shape index (κ3) is 3.67. The maximum absolute atomic E-state index is 11.9. The Morgan fingerprint density at radius 1 is 1.35 bits per heavy atom. The van der Waals surface area contributed by atoms with Crippen molar-refractivity contribution >= 4 is 22.9 Å². The summed E-state index contributed by atoms with van der Waals surface area (Å²) in [6, 6.07) is 7.85. The van der Waals surface area contributed by atoms with Crippen molar-refractivity contribution in [2.45, 2.75) is 33.6 Å². The van der Waals surface area contributed by atoms with E-state index in [1.165, 1.54) is 0 Å². The summed E-state index contributed by atoms with van der Waals surface area (Å²) in [6.45, 7) is 6.05. The molecule has 0 spiro atoms. The number of hydrogen-bond donors (Lipinski definition) is 1. The van der Waals surface area contributed by atoms with E-state index in [4.69, 9.17) is 0 Å². The van der Waals surface area contributed by atoms with E-state index in [9.17, 15) is 4.79 Å². The molecule has 20 heavy (non-hydrogen) atoms. The van der Waals surface area contributed by atoms with Crippen molar-refractivity contribution < 1.29 is 4.79 Å². The van der Waals surface area contributed by atoms with Gasteiger partial charge in [0.25, 0.3) is 0 Å². The number of aryl methyl sites for hydroxylation is 1. The Balaban J connectivity index is 2.03.